The van der Waals surface area contributed by atoms with Gasteiger partial charge in [-0.05, 0) is 18.4 Å². The Morgan fingerprint density at radius 1 is 1.15 bits per heavy atom. The number of ketones is 1. The van der Waals surface area contributed by atoms with Crippen LogP contribution in [0.2, 0.25) is 0 Å². The molecule has 1 aromatic carbocycles. The highest BCUT2D eigenvalue weighted by molar-refractivity contribution is 6.05. The third-order valence-corrected chi connectivity index (χ3v) is 4.54. The summed E-state index contributed by atoms with van der Waals surface area (Å²) in [4.78, 5) is 25.3. The summed E-state index contributed by atoms with van der Waals surface area (Å²) in [5, 5.41) is 22.6. The first kappa shape index (κ1) is 20.3. The van der Waals surface area contributed by atoms with Gasteiger partial charge in [0.1, 0.15) is 0 Å². The van der Waals surface area contributed by atoms with E-state index in [9.17, 15) is 19.8 Å². The molecule has 0 unspecified atom stereocenters. The lowest BCUT2D eigenvalue weighted by Gasteiger charge is -2.22. The number of aromatic hydroxyl groups is 2. The first-order chi connectivity index (χ1) is 12.6. The molecule has 2 aromatic rings. The van der Waals surface area contributed by atoms with E-state index >= 15 is 0 Å². The van der Waals surface area contributed by atoms with Crippen LogP contribution in [0.4, 0.5) is 0 Å². The van der Waals surface area contributed by atoms with Gasteiger partial charge in [0.25, 0.3) is 0 Å². The summed E-state index contributed by atoms with van der Waals surface area (Å²) in [6, 6.07) is 7.79. The Bertz CT molecular complexity index is 804. The second-order valence-electron chi connectivity index (χ2n) is 6.89. The summed E-state index contributed by atoms with van der Waals surface area (Å²) >= 11 is 0. The Kier molecular flexibility index (Phi) is 6.12. The number of rotatable bonds is 7. The van der Waals surface area contributed by atoms with Gasteiger partial charge in [0, 0.05) is 18.0 Å². The normalized spacial score (nSPS) is 13.4. The van der Waals surface area contributed by atoms with E-state index in [1.807, 2.05) is 30.3 Å². The fraction of sp³-hybridized carbons (Fsp3) is 0.368. The van der Waals surface area contributed by atoms with Crippen molar-refractivity contribution in [3.63, 3.8) is 0 Å². The van der Waals surface area contributed by atoms with E-state index in [-0.39, 0.29) is 29.4 Å². The van der Waals surface area contributed by atoms with Crippen LogP contribution in [0.5, 0.6) is 11.8 Å². The molecule has 0 aliphatic rings. The number of amides is 1. The highest BCUT2D eigenvalue weighted by atomic mass is 16.3. The van der Waals surface area contributed by atoms with E-state index < -0.39 is 29.6 Å². The maximum atomic E-state index is 12.9. The second kappa shape index (κ2) is 8.13. The van der Waals surface area contributed by atoms with E-state index in [1.165, 1.54) is 6.92 Å². The van der Waals surface area contributed by atoms with Gasteiger partial charge < -0.3 is 27.1 Å². The van der Waals surface area contributed by atoms with E-state index in [1.54, 1.807) is 13.8 Å². The van der Waals surface area contributed by atoms with Gasteiger partial charge in [-0.25, -0.2) is 0 Å². The predicted molar refractivity (Wildman–Crippen MR) is 102 cm³/mol. The van der Waals surface area contributed by atoms with Crippen molar-refractivity contribution in [1.82, 2.24) is 9.99 Å². The minimum Gasteiger partial charge on any atom is -0.493 e. The van der Waals surface area contributed by atoms with Gasteiger partial charge in [0.15, 0.2) is 5.78 Å². The van der Waals surface area contributed by atoms with E-state index in [4.69, 9.17) is 11.6 Å². The fourth-order valence-corrected chi connectivity index (χ4v) is 2.92. The van der Waals surface area contributed by atoms with Crippen LogP contribution in [0.1, 0.15) is 47.8 Å². The molecule has 2 rings (SSSR count). The molecular weight excluding hydrogens is 348 g/mol. The third-order valence-electron chi connectivity index (χ3n) is 4.54. The van der Waals surface area contributed by atoms with Crippen LogP contribution in [-0.2, 0) is 4.79 Å². The zero-order valence-corrected chi connectivity index (χ0v) is 15.6. The van der Waals surface area contributed by atoms with Crippen molar-refractivity contribution in [2.24, 2.45) is 11.7 Å². The molecule has 8 heteroatoms. The minimum absolute atomic E-state index is 0.00856. The Morgan fingerprint density at radius 2 is 1.74 bits per heavy atom. The number of nitrogen functional groups attached to an aromatic ring is 1. The minimum atomic E-state index is -0.896. The molecule has 1 heterocycles. The number of nitrogens with one attached hydrogen (secondary N) is 1. The topological polar surface area (TPSA) is 144 Å². The molecule has 8 nitrogen and oxygen atoms in total. The summed E-state index contributed by atoms with van der Waals surface area (Å²) < 4.78 is 0.632. The molecule has 0 saturated carbocycles. The van der Waals surface area contributed by atoms with Crippen LogP contribution in [0, 0.1) is 12.8 Å². The van der Waals surface area contributed by atoms with Gasteiger partial charge in [-0.2, -0.15) is 4.68 Å². The number of carbonyl (C=O) groups excluding carboxylic acids is 2. The number of nitrogens with two attached hydrogens (primary N) is 2. The van der Waals surface area contributed by atoms with Crippen molar-refractivity contribution < 1.29 is 19.8 Å². The molecule has 0 bridgehead atoms. The van der Waals surface area contributed by atoms with Crippen LogP contribution in [-0.4, -0.2) is 32.6 Å². The second-order valence-corrected chi connectivity index (χ2v) is 6.89. The highest BCUT2D eigenvalue weighted by Gasteiger charge is 2.32. The van der Waals surface area contributed by atoms with Gasteiger partial charge in [0.05, 0.1) is 11.6 Å². The van der Waals surface area contributed by atoms with Gasteiger partial charge in [0.2, 0.25) is 17.7 Å². The summed E-state index contributed by atoms with van der Waals surface area (Å²) in [5.41, 5.74) is 6.93. The molecule has 0 spiro atoms. The molecule has 1 amide bonds. The van der Waals surface area contributed by atoms with Crippen molar-refractivity contribution in [2.45, 2.75) is 39.3 Å². The van der Waals surface area contributed by atoms with Crippen molar-refractivity contribution in [3.05, 3.63) is 47.0 Å². The number of nitrogens with zero attached hydrogens (tertiary/aromatic N) is 1. The maximum absolute atomic E-state index is 12.9. The van der Waals surface area contributed by atoms with E-state index in [2.05, 4.69) is 5.32 Å². The monoisotopic (exact) mass is 374 g/mol. The Labute approximate surface area is 157 Å². The van der Waals surface area contributed by atoms with Gasteiger partial charge in [-0.3, -0.25) is 9.59 Å². The number of aromatic nitrogens is 1. The van der Waals surface area contributed by atoms with Gasteiger partial charge in [-0.15, -0.1) is 0 Å². The predicted octanol–water partition coefficient (Wildman–Crippen LogP) is 1.34. The smallest absolute Gasteiger partial charge is 0.224 e. The maximum Gasteiger partial charge on any atom is 0.224 e. The Hall–Kier alpha value is -3.00. The molecule has 0 radical (unpaired) electrons. The van der Waals surface area contributed by atoms with Crippen LogP contribution >= 0.6 is 0 Å². The fourth-order valence-electron chi connectivity index (χ4n) is 2.92. The molecule has 27 heavy (non-hydrogen) atoms. The number of hydrogen-bond acceptors (Lipinski definition) is 6. The van der Waals surface area contributed by atoms with Crippen molar-refractivity contribution in [2.75, 3.05) is 5.84 Å². The summed E-state index contributed by atoms with van der Waals surface area (Å²) in [5.74, 6) is 3.40. The van der Waals surface area contributed by atoms with Crippen molar-refractivity contribution in [1.29, 1.82) is 0 Å². The molecular formula is C19H26N4O4. The van der Waals surface area contributed by atoms with Crippen molar-refractivity contribution >= 4 is 11.7 Å². The SMILES string of the molecule is Cc1c(C(=O)[C@@H](NC(=O)C[C@H](N)c2ccccc2)C(C)C)c(O)n(N)c1O. The largest absolute Gasteiger partial charge is 0.493 e. The number of benzene rings is 1. The third kappa shape index (κ3) is 4.22. The van der Waals surface area contributed by atoms with Crippen LogP contribution in [0.15, 0.2) is 30.3 Å². The average Bonchev–Trinajstić information content (AvgIpc) is 2.82. The standard InChI is InChI=1S/C19H26N4O4/c1-10(2)16(17(25)15-11(3)18(26)23(21)19(15)27)22-14(24)9-13(20)12-7-5-4-6-8-12/h4-8,10,13,16,26-27H,9,20-21H2,1-3H3,(H,22,24)/t13-,16-/m0/s1. The number of Topliss-reactive ketones (excluding diaryl/α,β-unsaturated/α-hetero) is 1. The lowest BCUT2D eigenvalue weighted by Crippen LogP contribution is -2.45. The molecule has 1 aromatic heterocycles. The lowest BCUT2D eigenvalue weighted by molar-refractivity contribution is -0.122. The van der Waals surface area contributed by atoms with Crippen LogP contribution in [0.25, 0.3) is 0 Å². The molecule has 0 aliphatic heterocycles. The molecule has 0 saturated heterocycles. The molecule has 7 N–H and O–H groups in total. The van der Waals surface area contributed by atoms with Gasteiger partial charge in [-0.1, -0.05) is 44.2 Å². The quantitative estimate of drug-likeness (QED) is 0.365. The molecule has 0 fully saturated rings. The average molecular weight is 374 g/mol. The highest BCUT2D eigenvalue weighted by Crippen LogP contribution is 2.32. The molecule has 146 valence electrons. The van der Waals surface area contributed by atoms with Gasteiger partial charge >= 0.3 is 0 Å². The summed E-state index contributed by atoms with van der Waals surface area (Å²) in [6.07, 6.45) is 0.00856. The molecule has 2 atom stereocenters. The van der Waals surface area contributed by atoms with Crippen molar-refractivity contribution in [3.8, 4) is 11.8 Å². The summed E-state index contributed by atoms with van der Waals surface area (Å²) in [6.45, 7) is 5.01. The first-order valence-electron chi connectivity index (χ1n) is 8.67. The van der Waals surface area contributed by atoms with E-state index in [0.29, 0.717) is 4.68 Å². The van der Waals surface area contributed by atoms with Crippen LogP contribution < -0.4 is 16.9 Å². The molecule has 0 aliphatic carbocycles. The number of hydrogen-bond donors (Lipinski definition) is 5. The number of carbonyl (C=O) groups is 2. The summed E-state index contributed by atoms with van der Waals surface area (Å²) in [7, 11) is 0. The zero-order valence-electron chi connectivity index (χ0n) is 15.6. The van der Waals surface area contributed by atoms with E-state index in [0.717, 1.165) is 5.56 Å². The zero-order chi connectivity index (χ0) is 20.3. The van der Waals surface area contributed by atoms with Crippen LogP contribution in [0.3, 0.4) is 0 Å². The lowest BCUT2D eigenvalue weighted by atomic mass is 9.93. The Morgan fingerprint density at radius 3 is 2.22 bits per heavy atom. The first-order valence-corrected chi connectivity index (χ1v) is 8.67. The Balaban J connectivity index is 2.17.